The van der Waals surface area contributed by atoms with Crippen LogP contribution in [0, 0.1) is 0 Å². The minimum atomic E-state index is 1.09. The van der Waals surface area contributed by atoms with Crippen molar-refractivity contribution in [1.82, 2.24) is 0 Å². The van der Waals surface area contributed by atoms with Gasteiger partial charge in [-0.1, -0.05) is 62.4 Å². The summed E-state index contributed by atoms with van der Waals surface area (Å²) in [5, 5.41) is 2.70. The fourth-order valence-corrected chi connectivity index (χ4v) is 5.86. The number of aryl methyl sites for hydroxylation is 2. The Morgan fingerprint density at radius 2 is 0.929 bits per heavy atom. The molecule has 5 aromatic rings. The maximum Gasteiger partial charge on any atom is 0.0356 e. The summed E-state index contributed by atoms with van der Waals surface area (Å²) in [5.41, 5.74) is 5.42. The number of hydrogen-bond acceptors (Lipinski definition) is 2. The first-order valence-electron chi connectivity index (χ1n) is 9.89. The Morgan fingerprint density at radius 3 is 1.29 bits per heavy atom. The molecule has 5 rings (SSSR count). The second kappa shape index (κ2) is 7.20. The van der Waals surface area contributed by atoms with Crippen molar-refractivity contribution in [2.75, 3.05) is 0 Å². The normalized spacial score (nSPS) is 11.5. The van der Waals surface area contributed by atoms with Crippen molar-refractivity contribution in [2.45, 2.75) is 26.7 Å². The lowest BCUT2D eigenvalue weighted by Gasteiger charge is -1.99. The summed E-state index contributed by atoms with van der Waals surface area (Å²) in [7, 11) is 0. The van der Waals surface area contributed by atoms with Gasteiger partial charge in [0.2, 0.25) is 0 Å². The molecule has 138 valence electrons. The van der Waals surface area contributed by atoms with E-state index in [0.29, 0.717) is 0 Å². The number of thiophene rings is 2. The van der Waals surface area contributed by atoms with Gasteiger partial charge in [-0.25, -0.2) is 0 Å². The maximum absolute atomic E-state index is 2.36. The average molecular weight is 399 g/mol. The van der Waals surface area contributed by atoms with Crippen molar-refractivity contribution in [1.29, 1.82) is 0 Å². The molecule has 0 nitrogen and oxygen atoms in total. The Bertz CT molecular complexity index is 1100. The number of fused-ring (bicyclic) bond motifs is 2. The van der Waals surface area contributed by atoms with Gasteiger partial charge in [-0.05, 0) is 70.1 Å². The molecule has 28 heavy (non-hydrogen) atoms. The molecular weight excluding hydrogens is 376 g/mol. The van der Waals surface area contributed by atoms with Gasteiger partial charge >= 0.3 is 0 Å². The highest BCUT2D eigenvalue weighted by molar-refractivity contribution is 7.23. The van der Waals surface area contributed by atoms with Crippen molar-refractivity contribution in [3.63, 3.8) is 0 Å². The first-order valence-corrected chi connectivity index (χ1v) is 11.5. The van der Waals surface area contributed by atoms with E-state index in [1.165, 1.54) is 52.2 Å². The number of hydrogen-bond donors (Lipinski definition) is 0. The standard InChI is InChI=1S/C26H22S2/c1-3-17-5-9-19(10-6-17)23-13-21-15-26-22(16-25(21)27-23)14-24(28-26)20-11-7-18(4-2)8-12-20/h5-16H,3-4H2,1-2H3. The Balaban J connectivity index is 1.54. The molecule has 0 bridgehead atoms. The van der Waals surface area contributed by atoms with E-state index in [-0.39, 0.29) is 0 Å². The summed E-state index contributed by atoms with van der Waals surface area (Å²) in [6.07, 6.45) is 2.18. The molecule has 2 heterocycles. The highest BCUT2D eigenvalue weighted by atomic mass is 32.1. The Labute approximate surface area is 174 Å². The van der Waals surface area contributed by atoms with Crippen LogP contribution < -0.4 is 0 Å². The van der Waals surface area contributed by atoms with E-state index in [1.54, 1.807) is 0 Å². The van der Waals surface area contributed by atoms with Crippen molar-refractivity contribution in [3.05, 3.63) is 83.9 Å². The van der Waals surface area contributed by atoms with Crippen molar-refractivity contribution in [3.8, 4) is 20.9 Å². The van der Waals surface area contributed by atoms with Crippen LogP contribution in [0.2, 0.25) is 0 Å². The van der Waals surface area contributed by atoms with Crippen molar-refractivity contribution >= 4 is 42.8 Å². The number of benzene rings is 3. The average Bonchev–Trinajstić information content (AvgIpc) is 3.35. The summed E-state index contributed by atoms with van der Waals surface area (Å²) in [6.45, 7) is 4.40. The Kier molecular flexibility index (Phi) is 4.54. The van der Waals surface area contributed by atoms with Crippen LogP contribution in [-0.4, -0.2) is 0 Å². The molecule has 0 atom stereocenters. The van der Waals surface area contributed by atoms with Crippen LogP contribution in [0.4, 0.5) is 0 Å². The summed E-state index contributed by atoms with van der Waals surface area (Å²) >= 11 is 3.79. The molecule has 0 saturated carbocycles. The summed E-state index contributed by atoms with van der Waals surface area (Å²) < 4.78 is 2.74. The zero-order chi connectivity index (χ0) is 19.1. The van der Waals surface area contributed by atoms with Crippen LogP contribution in [-0.2, 0) is 12.8 Å². The second-order valence-corrected chi connectivity index (χ2v) is 9.42. The lowest BCUT2D eigenvalue weighted by molar-refractivity contribution is 1.14. The molecule has 2 heteroatoms. The molecular formula is C26H22S2. The zero-order valence-corrected chi connectivity index (χ0v) is 17.8. The third-order valence-electron chi connectivity index (χ3n) is 5.45. The van der Waals surface area contributed by atoms with Crippen LogP contribution in [0.25, 0.3) is 41.1 Å². The molecule has 0 spiro atoms. The molecule has 0 aliphatic carbocycles. The summed E-state index contributed by atoms with van der Waals surface area (Å²) in [5.74, 6) is 0. The minimum Gasteiger partial charge on any atom is -0.135 e. The smallest absolute Gasteiger partial charge is 0.0356 e. The quantitative estimate of drug-likeness (QED) is 0.284. The molecule has 0 aliphatic rings. The largest absolute Gasteiger partial charge is 0.135 e. The molecule has 0 unspecified atom stereocenters. The first-order chi connectivity index (χ1) is 13.7. The van der Waals surface area contributed by atoms with Gasteiger partial charge in [-0.15, -0.1) is 22.7 Å². The number of rotatable bonds is 4. The van der Waals surface area contributed by atoms with Gasteiger partial charge in [0.15, 0.2) is 0 Å². The minimum absolute atomic E-state index is 1.09. The van der Waals surface area contributed by atoms with Crippen LogP contribution in [0.5, 0.6) is 0 Å². The molecule has 0 aliphatic heterocycles. The predicted octanol–water partition coefficient (Wildman–Crippen LogP) is 8.57. The van der Waals surface area contributed by atoms with Gasteiger partial charge in [-0.2, -0.15) is 0 Å². The van der Waals surface area contributed by atoms with Gasteiger partial charge in [0, 0.05) is 19.2 Å². The van der Waals surface area contributed by atoms with Gasteiger partial charge in [0.1, 0.15) is 0 Å². The third-order valence-corrected chi connectivity index (χ3v) is 7.74. The molecule has 0 amide bonds. The zero-order valence-electron chi connectivity index (χ0n) is 16.2. The highest BCUT2D eigenvalue weighted by Crippen LogP contribution is 2.40. The van der Waals surface area contributed by atoms with Gasteiger partial charge in [-0.3, -0.25) is 0 Å². The second-order valence-electron chi connectivity index (χ2n) is 7.25. The molecule has 0 radical (unpaired) electrons. The molecule has 3 aromatic carbocycles. The Hall–Kier alpha value is -2.42. The van der Waals surface area contributed by atoms with Crippen LogP contribution in [0.3, 0.4) is 0 Å². The summed E-state index contributed by atoms with van der Waals surface area (Å²) in [4.78, 5) is 2.70. The fourth-order valence-electron chi connectivity index (χ4n) is 3.67. The van der Waals surface area contributed by atoms with E-state index < -0.39 is 0 Å². The van der Waals surface area contributed by atoms with Gasteiger partial charge in [0.05, 0.1) is 0 Å². The van der Waals surface area contributed by atoms with Gasteiger partial charge < -0.3 is 0 Å². The molecule has 0 saturated heterocycles. The lowest BCUT2D eigenvalue weighted by atomic mass is 10.1. The topological polar surface area (TPSA) is 0 Å². The SMILES string of the molecule is CCc1ccc(-c2cc3cc4sc(-c5ccc(CC)cc5)cc4cc3s2)cc1. The molecule has 2 aromatic heterocycles. The van der Waals surface area contributed by atoms with E-state index in [9.17, 15) is 0 Å². The van der Waals surface area contributed by atoms with E-state index in [0.717, 1.165) is 12.8 Å². The lowest BCUT2D eigenvalue weighted by Crippen LogP contribution is -1.78. The molecule has 0 N–H and O–H groups in total. The Morgan fingerprint density at radius 1 is 0.536 bits per heavy atom. The van der Waals surface area contributed by atoms with E-state index >= 15 is 0 Å². The molecule has 0 fully saturated rings. The highest BCUT2D eigenvalue weighted by Gasteiger charge is 2.09. The van der Waals surface area contributed by atoms with E-state index in [4.69, 9.17) is 0 Å². The predicted molar refractivity (Wildman–Crippen MR) is 127 cm³/mol. The monoisotopic (exact) mass is 398 g/mol. The first kappa shape index (κ1) is 17.7. The van der Waals surface area contributed by atoms with E-state index in [1.807, 2.05) is 22.7 Å². The summed E-state index contributed by atoms with van der Waals surface area (Å²) in [6, 6.07) is 27.4. The van der Waals surface area contributed by atoms with Crippen LogP contribution in [0.15, 0.2) is 72.8 Å². The van der Waals surface area contributed by atoms with E-state index in [2.05, 4.69) is 86.6 Å². The van der Waals surface area contributed by atoms with Crippen molar-refractivity contribution < 1.29 is 0 Å². The third kappa shape index (κ3) is 3.17. The maximum atomic E-state index is 2.36. The van der Waals surface area contributed by atoms with Crippen LogP contribution >= 0.6 is 22.7 Å². The van der Waals surface area contributed by atoms with Gasteiger partial charge in [0.25, 0.3) is 0 Å². The van der Waals surface area contributed by atoms with Crippen molar-refractivity contribution in [2.24, 2.45) is 0 Å². The fraction of sp³-hybridized carbons (Fsp3) is 0.154. The van der Waals surface area contributed by atoms with Crippen LogP contribution in [0.1, 0.15) is 25.0 Å².